The largest absolute Gasteiger partial charge is 0.508 e. The van der Waals surface area contributed by atoms with E-state index in [1.807, 2.05) is 12.1 Å². The number of benzene rings is 1. The van der Waals surface area contributed by atoms with Gasteiger partial charge in [0, 0.05) is 4.83 Å². The molecule has 0 spiro atoms. The fourth-order valence-corrected chi connectivity index (χ4v) is 6.92. The minimum absolute atomic E-state index is 0.0675. The average Bonchev–Trinajstić information content (AvgIpc) is 2.70. The number of phenolic OH excluding ortho intramolecular Hbond substituents is 1. The van der Waals surface area contributed by atoms with Crippen molar-refractivity contribution in [1.82, 2.24) is 0 Å². The standard InChI is InChI=1S/C19H25BrO2/c1-10-7-11-8-12(21)3-4-13(11)14-5-6-19(2)15(17(10)14)9-16(20)18(19)22/h3-4,8,10,14-18,21-22H,5-7,9H2,1-2H3/t10-,14-,15+,16-,17-,18+,19+/m1/s1. The molecule has 2 nitrogen and oxygen atoms in total. The van der Waals surface area contributed by atoms with Crippen molar-refractivity contribution in [1.29, 1.82) is 0 Å². The average molecular weight is 365 g/mol. The van der Waals surface area contributed by atoms with Gasteiger partial charge in [0.1, 0.15) is 5.75 Å². The molecule has 2 N–H and O–H groups in total. The maximum Gasteiger partial charge on any atom is 0.115 e. The van der Waals surface area contributed by atoms with E-state index in [1.165, 1.54) is 11.1 Å². The van der Waals surface area contributed by atoms with Crippen molar-refractivity contribution in [2.75, 3.05) is 0 Å². The predicted molar refractivity (Wildman–Crippen MR) is 91.4 cm³/mol. The van der Waals surface area contributed by atoms with Crippen molar-refractivity contribution in [3.63, 3.8) is 0 Å². The van der Waals surface area contributed by atoms with E-state index in [-0.39, 0.29) is 16.3 Å². The minimum atomic E-state index is -0.216. The number of aliphatic hydroxyl groups excluding tert-OH is 1. The van der Waals surface area contributed by atoms with Crippen molar-refractivity contribution in [3.8, 4) is 5.75 Å². The van der Waals surface area contributed by atoms with E-state index >= 15 is 0 Å². The second kappa shape index (κ2) is 4.98. The Morgan fingerprint density at radius 1 is 1.32 bits per heavy atom. The Bertz CT molecular complexity index is 601. The van der Waals surface area contributed by atoms with Gasteiger partial charge in [0.15, 0.2) is 0 Å². The SMILES string of the molecule is C[C@@H]1Cc2cc(O)ccc2[C@H]2CC[C@]3(C)[C@@H](O)[C@H](Br)C[C@H]3[C@H]12. The molecule has 3 heteroatoms. The first-order valence-corrected chi connectivity index (χ1v) is 9.47. The maximum absolute atomic E-state index is 10.7. The van der Waals surface area contributed by atoms with Crippen LogP contribution in [0.1, 0.15) is 50.2 Å². The van der Waals surface area contributed by atoms with E-state index in [2.05, 4.69) is 35.8 Å². The zero-order valence-corrected chi connectivity index (χ0v) is 14.9. The molecule has 1 aromatic carbocycles. The molecule has 120 valence electrons. The van der Waals surface area contributed by atoms with Gasteiger partial charge < -0.3 is 10.2 Å². The summed E-state index contributed by atoms with van der Waals surface area (Å²) in [6.07, 6.45) is 4.20. The lowest BCUT2D eigenvalue weighted by molar-refractivity contribution is -0.0346. The predicted octanol–water partition coefficient (Wildman–Crippen LogP) is 4.23. The van der Waals surface area contributed by atoms with E-state index in [0.29, 0.717) is 29.4 Å². The van der Waals surface area contributed by atoms with Gasteiger partial charge in [-0.05, 0) is 78.0 Å². The van der Waals surface area contributed by atoms with Crippen molar-refractivity contribution < 1.29 is 10.2 Å². The Kier molecular flexibility index (Phi) is 3.40. The fraction of sp³-hybridized carbons (Fsp3) is 0.684. The van der Waals surface area contributed by atoms with Crippen LogP contribution in [0.3, 0.4) is 0 Å². The number of hydrogen-bond acceptors (Lipinski definition) is 2. The highest BCUT2D eigenvalue weighted by molar-refractivity contribution is 9.09. The van der Waals surface area contributed by atoms with E-state index in [1.54, 1.807) is 0 Å². The molecule has 0 bridgehead atoms. The van der Waals surface area contributed by atoms with Crippen LogP contribution in [-0.4, -0.2) is 21.1 Å². The lowest BCUT2D eigenvalue weighted by Crippen LogP contribution is -2.47. The zero-order chi connectivity index (χ0) is 15.6. The first kappa shape index (κ1) is 15.0. The Morgan fingerprint density at radius 3 is 2.86 bits per heavy atom. The van der Waals surface area contributed by atoms with E-state index < -0.39 is 0 Å². The molecule has 2 saturated carbocycles. The lowest BCUT2D eigenvalue weighted by atomic mass is 9.53. The van der Waals surface area contributed by atoms with Crippen molar-refractivity contribution in [3.05, 3.63) is 29.3 Å². The van der Waals surface area contributed by atoms with Crippen LogP contribution in [0, 0.1) is 23.2 Å². The molecule has 0 aromatic heterocycles. The Labute approximate surface area is 141 Å². The molecule has 0 aliphatic heterocycles. The fourth-order valence-electron chi connectivity index (χ4n) is 5.91. The summed E-state index contributed by atoms with van der Waals surface area (Å²) in [4.78, 5) is 0.245. The molecule has 2 fully saturated rings. The van der Waals surface area contributed by atoms with Crippen LogP contribution in [0.2, 0.25) is 0 Å². The summed E-state index contributed by atoms with van der Waals surface area (Å²) < 4.78 is 0. The van der Waals surface area contributed by atoms with E-state index in [0.717, 1.165) is 25.7 Å². The normalized spacial score (nSPS) is 46.7. The topological polar surface area (TPSA) is 40.5 Å². The van der Waals surface area contributed by atoms with Crippen LogP contribution in [0.4, 0.5) is 0 Å². The quantitative estimate of drug-likeness (QED) is 0.676. The summed E-state index contributed by atoms with van der Waals surface area (Å²) in [6.45, 7) is 4.67. The summed E-state index contributed by atoms with van der Waals surface area (Å²) in [5.74, 6) is 2.87. The second-order valence-corrected chi connectivity index (χ2v) is 9.27. The molecule has 3 aliphatic rings. The van der Waals surface area contributed by atoms with Crippen molar-refractivity contribution in [2.45, 2.75) is 56.4 Å². The smallest absolute Gasteiger partial charge is 0.115 e. The zero-order valence-electron chi connectivity index (χ0n) is 13.3. The molecule has 4 rings (SSSR count). The molecular weight excluding hydrogens is 340 g/mol. The Hall–Kier alpha value is -0.540. The van der Waals surface area contributed by atoms with Crippen LogP contribution in [0.15, 0.2) is 18.2 Å². The van der Waals surface area contributed by atoms with Gasteiger partial charge in [-0.2, -0.15) is 0 Å². The van der Waals surface area contributed by atoms with E-state index in [4.69, 9.17) is 0 Å². The van der Waals surface area contributed by atoms with Crippen LogP contribution < -0.4 is 0 Å². The van der Waals surface area contributed by atoms with Crippen molar-refractivity contribution in [2.24, 2.45) is 23.2 Å². The van der Waals surface area contributed by atoms with Crippen LogP contribution >= 0.6 is 15.9 Å². The van der Waals surface area contributed by atoms with Crippen LogP contribution in [0.5, 0.6) is 5.75 Å². The van der Waals surface area contributed by atoms with Crippen LogP contribution in [-0.2, 0) is 6.42 Å². The number of alkyl halides is 1. The summed E-state index contributed by atoms with van der Waals surface area (Å²) >= 11 is 3.72. The lowest BCUT2D eigenvalue weighted by Gasteiger charge is -2.52. The van der Waals surface area contributed by atoms with Gasteiger partial charge in [-0.25, -0.2) is 0 Å². The summed E-state index contributed by atoms with van der Waals surface area (Å²) in [6, 6.07) is 5.96. The third-order valence-corrected chi connectivity index (χ3v) is 7.87. The monoisotopic (exact) mass is 364 g/mol. The Balaban J connectivity index is 1.76. The minimum Gasteiger partial charge on any atom is -0.508 e. The molecule has 1 aromatic rings. The summed E-state index contributed by atoms with van der Waals surface area (Å²) in [7, 11) is 0. The molecule has 0 radical (unpaired) electrons. The molecule has 0 unspecified atom stereocenters. The van der Waals surface area contributed by atoms with Gasteiger partial charge in [-0.3, -0.25) is 0 Å². The van der Waals surface area contributed by atoms with Gasteiger partial charge >= 0.3 is 0 Å². The number of phenols is 1. The molecule has 7 atom stereocenters. The van der Waals surface area contributed by atoms with Gasteiger partial charge in [-0.1, -0.05) is 35.8 Å². The van der Waals surface area contributed by atoms with Crippen LogP contribution in [0.25, 0.3) is 0 Å². The third-order valence-electron chi connectivity index (χ3n) is 6.99. The molecule has 0 amide bonds. The number of rotatable bonds is 0. The number of halogens is 1. The number of aromatic hydroxyl groups is 1. The second-order valence-electron chi connectivity index (χ2n) is 8.10. The van der Waals surface area contributed by atoms with Gasteiger partial charge in [0.2, 0.25) is 0 Å². The van der Waals surface area contributed by atoms with Gasteiger partial charge in [0.25, 0.3) is 0 Å². The molecule has 0 heterocycles. The summed E-state index contributed by atoms with van der Waals surface area (Å²) in [5.41, 5.74) is 2.86. The number of aliphatic hydroxyl groups is 1. The Morgan fingerprint density at radius 2 is 2.09 bits per heavy atom. The molecular formula is C19H25BrO2. The summed E-state index contributed by atoms with van der Waals surface area (Å²) in [5, 5.41) is 20.5. The first-order chi connectivity index (χ1) is 10.4. The van der Waals surface area contributed by atoms with Gasteiger partial charge in [-0.15, -0.1) is 0 Å². The highest BCUT2D eigenvalue weighted by Gasteiger charge is 2.58. The van der Waals surface area contributed by atoms with Gasteiger partial charge in [0.05, 0.1) is 6.10 Å². The van der Waals surface area contributed by atoms with E-state index in [9.17, 15) is 10.2 Å². The highest BCUT2D eigenvalue weighted by Crippen LogP contribution is 2.63. The third kappa shape index (κ3) is 1.94. The molecule has 0 saturated heterocycles. The highest BCUT2D eigenvalue weighted by atomic mass is 79.9. The maximum atomic E-state index is 10.7. The molecule has 3 aliphatic carbocycles. The van der Waals surface area contributed by atoms with Crippen molar-refractivity contribution >= 4 is 15.9 Å². The number of hydrogen-bond donors (Lipinski definition) is 2. The molecule has 22 heavy (non-hydrogen) atoms. The number of fused-ring (bicyclic) bond motifs is 5. The first-order valence-electron chi connectivity index (χ1n) is 8.55.